The van der Waals surface area contributed by atoms with Crippen LogP contribution in [0, 0.1) is 0 Å². The molecule has 0 heterocycles. The Labute approximate surface area is 113 Å². The van der Waals surface area contributed by atoms with Crippen molar-refractivity contribution >= 4 is 0 Å². The highest BCUT2D eigenvalue weighted by molar-refractivity contribution is 4.87. The van der Waals surface area contributed by atoms with Gasteiger partial charge in [0.25, 0.3) is 0 Å². The van der Waals surface area contributed by atoms with Gasteiger partial charge in [-0.05, 0) is 32.9 Å². The van der Waals surface area contributed by atoms with Gasteiger partial charge in [0.05, 0.1) is 13.2 Å². The standard InChI is InChI=1S/C14H32N2O2/c1-6-14(12-17,15-13(2)3)8-7-9-16(4)10-11-18-5/h13,15,17H,6-12H2,1-5H3. The number of nitrogens with zero attached hydrogens (tertiary/aromatic N) is 1. The molecule has 0 rings (SSSR count). The van der Waals surface area contributed by atoms with E-state index >= 15 is 0 Å². The van der Waals surface area contributed by atoms with Gasteiger partial charge in [0, 0.05) is 25.2 Å². The van der Waals surface area contributed by atoms with Crippen LogP contribution in [0.15, 0.2) is 0 Å². The number of ether oxygens (including phenoxy) is 1. The normalized spacial score (nSPS) is 15.3. The molecule has 0 aromatic heterocycles. The molecule has 0 fully saturated rings. The highest BCUT2D eigenvalue weighted by Crippen LogP contribution is 2.18. The minimum absolute atomic E-state index is 0.115. The number of nitrogens with one attached hydrogen (secondary N) is 1. The summed E-state index contributed by atoms with van der Waals surface area (Å²) in [5.74, 6) is 0. The molecule has 1 atom stereocenters. The molecule has 110 valence electrons. The summed E-state index contributed by atoms with van der Waals surface area (Å²) in [6.07, 6.45) is 3.06. The number of methoxy groups -OCH3 is 1. The maximum Gasteiger partial charge on any atom is 0.0613 e. The molecule has 0 aliphatic carbocycles. The Morgan fingerprint density at radius 3 is 2.44 bits per heavy atom. The van der Waals surface area contributed by atoms with Crippen LogP contribution >= 0.6 is 0 Å². The summed E-state index contributed by atoms with van der Waals surface area (Å²) < 4.78 is 5.06. The molecular formula is C14H32N2O2. The first-order valence-electron chi connectivity index (χ1n) is 7.05. The Balaban J connectivity index is 4.03. The summed E-state index contributed by atoms with van der Waals surface area (Å²) in [6.45, 7) is 9.40. The Kier molecular flexibility index (Phi) is 9.64. The van der Waals surface area contributed by atoms with E-state index in [2.05, 4.69) is 38.0 Å². The second-order valence-electron chi connectivity index (χ2n) is 5.49. The van der Waals surface area contributed by atoms with E-state index in [0.29, 0.717) is 6.04 Å². The summed E-state index contributed by atoms with van der Waals surface area (Å²) in [6, 6.07) is 0.406. The molecule has 4 nitrogen and oxygen atoms in total. The van der Waals surface area contributed by atoms with Crippen LogP contribution in [0.2, 0.25) is 0 Å². The minimum Gasteiger partial charge on any atom is -0.394 e. The van der Waals surface area contributed by atoms with Gasteiger partial charge in [0.2, 0.25) is 0 Å². The van der Waals surface area contributed by atoms with Gasteiger partial charge in [0.15, 0.2) is 0 Å². The van der Waals surface area contributed by atoms with Crippen LogP contribution in [-0.2, 0) is 4.74 Å². The van der Waals surface area contributed by atoms with Crippen LogP contribution in [0.25, 0.3) is 0 Å². The lowest BCUT2D eigenvalue weighted by Gasteiger charge is -2.35. The molecular weight excluding hydrogens is 228 g/mol. The van der Waals surface area contributed by atoms with Gasteiger partial charge in [-0.2, -0.15) is 0 Å². The van der Waals surface area contributed by atoms with Crippen LogP contribution in [0.3, 0.4) is 0 Å². The molecule has 0 spiro atoms. The summed E-state index contributed by atoms with van der Waals surface area (Å²) in [7, 11) is 3.84. The van der Waals surface area contributed by atoms with Crippen LogP contribution in [0.5, 0.6) is 0 Å². The third-order valence-electron chi connectivity index (χ3n) is 3.45. The van der Waals surface area contributed by atoms with Crippen molar-refractivity contribution in [1.82, 2.24) is 10.2 Å². The summed E-state index contributed by atoms with van der Waals surface area (Å²) >= 11 is 0. The average molecular weight is 260 g/mol. The highest BCUT2D eigenvalue weighted by atomic mass is 16.5. The number of likely N-dealkylation sites (N-methyl/N-ethyl adjacent to an activating group) is 1. The molecule has 2 N–H and O–H groups in total. The first-order chi connectivity index (χ1) is 8.49. The number of rotatable bonds is 11. The smallest absolute Gasteiger partial charge is 0.0613 e. The zero-order valence-corrected chi connectivity index (χ0v) is 12.8. The van der Waals surface area contributed by atoms with E-state index < -0.39 is 0 Å². The molecule has 18 heavy (non-hydrogen) atoms. The largest absolute Gasteiger partial charge is 0.394 e. The molecule has 0 saturated carbocycles. The second-order valence-corrected chi connectivity index (χ2v) is 5.49. The van der Waals surface area contributed by atoms with E-state index in [0.717, 1.165) is 39.0 Å². The van der Waals surface area contributed by atoms with Gasteiger partial charge < -0.3 is 20.1 Å². The number of aliphatic hydroxyl groups excluding tert-OH is 1. The fourth-order valence-electron chi connectivity index (χ4n) is 2.25. The van der Waals surface area contributed by atoms with Crippen molar-refractivity contribution in [2.24, 2.45) is 0 Å². The Bertz CT molecular complexity index is 194. The van der Waals surface area contributed by atoms with Gasteiger partial charge in [-0.25, -0.2) is 0 Å². The van der Waals surface area contributed by atoms with Gasteiger partial charge in [0.1, 0.15) is 0 Å². The predicted octanol–water partition coefficient (Wildman–Crippen LogP) is 1.48. The zero-order chi connectivity index (χ0) is 14.0. The highest BCUT2D eigenvalue weighted by Gasteiger charge is 2.27. The first-order valence-corrected chi connectivity index (χ1v) is 7.05. The third kappa shape index (κ3) is 7.31. The molecule has 0 saturated heterocycles. The fourth-order valence-corrected chi connectivity index (χ4v) is 2.25. The average Bonchev–Trinajstić information content (AvgIpc) is 2.34. The fraction of sp³-hybridized carbons (Fsp3) is 1.00. The van der Waals surface area contributed by atoms with Gasteiger partial charge in [-0.1, -0.05) is 20.8 Å². The van der Waals surface area contributed by atoms with Crippen molar-refractivity contribution in [3.8, 4) is 0 Å². The SMILES string of the molecule is CCC(CO)(CCCN(C)CCOC)NC(C)C. The van der Waals surface area contributed by atoms with E-state index in [1.807, 2.05) is 0 Å². The van der Waals surface area contributed by atoms with Crippen LogP contribution in [0.4, 0.5) is 0 Å². The van der Waals surface area contributed by atoms with Crippen molar-refractivity contribution in [2.45, 2.75) is 51.6 Å². The van der Waals surface area contributed by atoms with Crippen molar-refractivity contribution in [2.75, 3.05) is 40.5 Å². The van der Waals surface area contributed by atoms with E-state index in [9.17, 15) is 5.11 Å². The molecule has 0 radical (unpaired) electrons. The molecule has 0 aliphatic rings. The minimum atomic E-state index is -0.115. The molecule has 4 heteroatoms. The van der Waals surface area contributed by atoms with Crippen molar-refractivity contribution in [3.05, 3.63) is 0 Å². The van der Waals surface area contributed by atoms with E-state index in [-0.39, 0.29) is 12.1 Å². The van der Waals surface area contributed by atoms with Gasteiger partial charge in [-0.15, -0.1) is 0 Å². The molecule has 0 aliphatic heterocycles. The molecule has 0 amide bonds. The quantitative estimate of drug-likeness (QED) is 0.591. The third-order valence-corrected chi connectivity index (χ3v) is 3.45. The number of hydrogen-bond donors (Lipinski definition) is 2. The second kappa shape index (κ2) is 9.73. The van der Waals surface area contributed by atoms with Crippen molar-refractivity contribution in [1.29, 1.82) is 0 Å². The van der Waals surface area contributed by atoms with E-state index in [4.69, 9.17) is 4.74 Å². The Morgan fingerprint density at radius 2 is 2.00 bits per heavy atom. The summed E-state index contributed by atoms with van der Waals surface area (Å²) in [4.78, 5) is 2.27. The molecule has 0 aromatic carbocycles. The lowest BCUT2D eigenvalue weighted by molar-refractivity contribution is 0.126. The Hall–Kier alpha value is -0.160. The predicted molar refractivity (Wildman–Crippen MR) is 77.0 cm³/mol. The number of aliphatic hydroxyl groups is 1. The lowest BCUT2D eigenvalue weighted by Crippen LogP contribution is -2.51. The topological polar surface area (TPSA) is 44.7 Å². The van der Waals surface area contributed by atoms with E-state index in [1.165, 1.54) is 0 Å². The molecule has 1 unspecified atom stereocenters. The van der Waals surface area contributed by atoms with Crippen molar-refractivity contribution < 1.29 is 9.84 Å². The van der Waals surface area contributed by atoms with E-state index in [1.54, 1.807) is 7.11 Å². The van der Waals surface area contributed by atoms with Gasteiger partial charge >= 0.3 is 0 Å². The zero-order valence-electron chi connectivity index (χ0n) is 12.8. The summed E-state index contributed by atoms with van der Waals surface area (Å²) in [5.41, 5.74) is -0.115. The van der Waals surface area contributed by atoms with Crippen molar-refractivity contribution in [3.63, 3.8) is 0 Å². The Morgan fingerprint density at radius 1 is 1.33 bits per heavy atom. The van der Waals surface area contributed by atoms with Crippen LogP contribution in [0.1, 0.15) is 40.0 Å². The lowest BCUT2D eigenvalue weighted by atomic mass is 9.90. The monoisotopic (exact) mass is 260 g/mol. The van der Waals surface area contributed by atoms with Crippen LogP contribution < -0.4 is 5.32 Å². The maximum absolute atomic E-state index is 9.64. The van der Waals surface area contributed by atoms with Crippen LogP contribution in [-0.4, -0.2) is 62.0 Å². The maximum atomic E-state index is 9.64. The number of hydrogen-bond acceptors (Lipinski definition) is 4. The molecule has 0 aromatic rings. The molecule has 0 bridgehead atoms. The van der Waals surface area contributed by atoms with Gasteiger partial charge in [-0.3, -0.25) is 0 Å². The summed E-state index contributed by atoms with van der Waals surface area (Å²) in [5, 5.41) is 13.2. The first kappa shape index (κ1) is 17.8.